The highest BCUT2D eigenvalue weighted by atomic mass is 32.1. The lowest BCUT2D eigenvalue weighted by molar-refractivity contribution is 0.0913. The van der Waals surface area contributed by atoms with Crippen LogP contribution in [-0.4, -0.2) is 34.9 Å². The van der Waals surface area contributed by atoms with Crippen LogP contribution in [-0.2, 0) is 13.1 Å². The average molecular weight is 497 g/mol. The molecule has 0 aliphatic carbocycles. The van der Waals surface area contributed by atoms with Crippen LogP contribution in [0.15, 0.2) is 85.1 Å². The van der Waals surface area contributed by atoms with Crippen LogP contribution in [0.4, 0.5) is 10.7 Å². The minimum Gasteiger partial charge on any atom is -0.437 e. The summed E-state index contributed by atoms with van der Waals surface area (Å²) >= 11 is 1.51. The van der Waals surface area contributed by atoms with Gasteiger partial charge < -0.3 is 15.0 Å². The zero-order chi connectivity index (χ0) is 24.3. The molecule has 2 aliphatic heterocycles. The number of benzene rings is 2. The van der Waals surface area contributed by atoms with Gasteiger partial charge in [-0.2, -0.15) is 0 Å². The minimum atomic E-state index is 0.00522. The summed E-state index contributed by atoms with van der Waals surface area (Å²) in [6.07, 6.45) is 3.68. The number of fused-ring (bicyclic) bond motifs is 2. The van der Waals surface area contributed by atoms with Gasteiger partial charge in [0.2, 0.25) is 5.88 Å². The van der Waals surface area contributed by atoms with Crippen molar-refractivity contribution in [2.75, 3.05) is 18.0 Å². The number of rotatable bonds is 5. The number of hydrogen-bond donors (Lipinski definition) is 1. The fourth-order valence-electron chi connectivity index (χ4n) is 4.89. The molecule has 1 fully saturated rings. The molecule has 182 valence electrons. The quantitative estimate of drug-likeness (QED) is 0.368. The molecule has 1 saturated heterocycles. The number of para-hydroxylation sites is 1. The SMILES string of the molecule is O=C(NC1CCN(Cc2ccccc2)CC1)c1ccc(N2Cc3ccccc3Oc3ncccc32)s1. The summed E-state index contributed by atoms with van der Waals surface area (Å²) in [6, 6.07) is 26.7. The van der Waals surface area contributed by atoms with Gasteiger partial charge in [-0.1, -0.05) is 48.5 Å². The van der Waals surface area contributed by atoms with E-state index in [2.05, 4.69) is 56.5 Å². The summed E-state index contributed by atoms with van der Waals surface area (Å²) in [7, 11) is 0. The zero-order valence-corrected chi connectivity index (χ0v) is 20.8. The molecule has 0 radical (unpaired) electrons. The van der Waals surface area contributed by atoms with Crippen molar-refractivity contribution in [2.24, 2.45) is 0 Å². The molecule has 0 unspecified atom stereocenters. The summed E-state index contributed by atoms with van der Waals surface area (Å²) in [5.41, 5.74) is 3.31. The number of nitrogens with one attached hydrogen (secondary N) is 1. The molecule has 4 heterocycles. The van der Waals surface area contributed by atoms with Gasteiger partial charge in [0.1, 0.15) is 11.4 Å². The molecule has 0 atom stereocenters. The van der Waals surface area contributed by atoms with Crippen LogP contribution in [0.5, 0.6) is 11.6 Å². The van der Waals surface area contributed by atoms with Crippen LogP contribution in [0, 0.1) is 0 Å². The molecule has 2 aliphatic rings. The van der Waals surface area contributed by atoms with E-state index in [0.717, 1.165) is 59.4 Å². The fourth-order valence-corrected chi connectivity index (χ4v) is 5.81. The molecule has 4 aromatic rings. The number of pyridine rings is 1. The number of likely N-dealkylation sites (tertiary alicyclic amines) is 1. The van der Waals surface area contributed by atoms with Crippen molar-refractivity contribution in [3.63, 3.8) is 0 Å². The molecule has 36 heavy (non-hydrogen) atoms. The highest BCUT2D eigenvalue weighted by Crippen LogP contribution is 2.43. The molecule has 1 N–H and O–H groups in total. The second-order valence-electron chi connectivity index (χ2n) is 9.27. The largest absolute Gasteiger partial charge is 0.437 e. The van der Waals surface area contributed by atoms with Gasteiger partial charge in [-0.15, -0.1) is 11.3 Å². The van der Waals surface area contributed by atoms with Gasteiger partial charge in [0.15, 0.2) is 0 Å². The number of amides is 1. The van der Waals surface area contributed by atoms with E-state index in [1.54, 1.807) is 6.20 Å². The Hall–Kier alpha value is -3.68. The van der Waals surface area contributed by atoms with Crippen molar-refractivity contribution in [1.29, 1.82) is 0 Å². The normalized spacial score (nSPS) is 15.9. The lowest BCUT2D eigenvalue weighted by Gasteiger charge is -2.32. The topological polar surface area (TPSA) is 57.7 Å². The van der Waals surface area contributed by atoms with Gasteiger partial charge in [0.05, 0.1) is 16.4 Å². The Morgan fingerprint density at radius 3 is 2.64 bits per heavy atom. The number of piperidine rings is 1. The lowest BCUT2D eigenvalue weighted by atomic mass is 10.0. The second-order valence-corrected chi connectivity index (χ2v) is 10.3. The summed E-state index contributed by atoms with van der Waals surface area (Å²) < 4.78 is 6.12. The van der Waals surface area contributed by atoms with E-state index in [4.69, 9.17) is 4.74 Å². The smallest absolute Gasteiger partial charge is 0.261 e. The molecule has 2 aromatic carbocycles. The Kier molecular flexibility index (Phi) is 6.40. The maximum atomic E-state index is 13.1. The number of nitrogens with zero attached hydrogens (tertiary/aromatic N) is 3. The third-order valence-corrected chi connectivity index (χ3v) is 7.91. The monoisotopic (exact) mass is 496 g/mol. The summed E-state index contributed by atoms with van der Waals surface area (Å²) in [5, 5.41) is 4.27. The standard InChI is InChI=1S/C29H28N4O2S/c34-28(31-23-14-17-32(18-15-23)19-21-7-2-1-3-8-21)26-12-13-27(36-26)33-20-22-9-4-5-11-25(22)35-29-24(33)10-6-16-30-29/h1-13,16,23H,14-15,17-20H2,(H,31,34). The van der Waals surface area contributed by atoms with Crippen LogP contribution in [0.3, 0.4) is 0 Å². The molecule has 6 rings (SSSR count). The maximum absolute atomic E-state index is 13.1. The Bertz CT molecular complexity index is 1350. The fraction of sp³-hybridized carbons (Fsp3) is 0.241. The van der Waals surface area contributed by atoms with Gasteiger partial charge in [0, 0.05) is 37.4 Å². The first kappa shape index (κ1) is 22.8. The number of ether oxygens (including phenoxy) is 1. The van der Waals surface area contributed by atoms with Gasteiger partial charge in [-0.25, -0.2) is 4.98 Å². The molecule has 1 amide bonds. The predicted octanol–water partition coefficient (Wildman–Crippen LogP) is 5.98. The highest BCUT2D eigenvalue weighted by molar-refractivity contribution is 7.18. The molecular formula is C29H28N4O2S. The zero-order valence-electron chi connectivity index (χ0n) is 20.0. The van der Waals surface area contributed by atoms with E-state index >= 15 is 0 Å². The van der Waals surface area contributed by atoms with E-state index in [9.17, 15) is 4.79 Å². The molecule has 2 aromatic heterocycles. The van der Waals surface area contributed by atoms with Gasteiger partial charge >= 0.3 is 0 Å². The molecular weight excluding hydrogens is 468 g/mol. The van der Waals surface area contributed by atoms with E-state index in [-0.39, 0.29) is 11.9 Å². The van der Waals surface area contributed by atoms with Crippen LogP contribution >= 0.6 is 11.3 Å². The average Bonchev–Trinajstić information content (AvgIpc) is 3.34. The highest BCUT2D eigenvalue weighted by Gasteiger charge is 2.26. The Morgan fingerprint density at radius 2 is 1.78 bits per heavy atom. The lowest BCUT2D eigenvalue weighted by Crippen LogP contribution is -2.44. The predicted molar refractivity (Wildman–Crippen MR) is 143 cm³/mol. The van der Waals surface area contributed by atoms with Crippen LogP contribution in [0.1, 0.15) is 33.6 Å². The number of anilines is 2. The first-order valence-electron chi connectivity index (χ1n) is 12.4. The summed E-state index contributed by atoms with van der Waals surface area (Å²) in [5.74, 6) is 1.39. The van der Waals surface area contributed by atoms with Gasteiger partial charge in [-0.05, 0) is 48.7 Å². The van der Waals surface area contributed by atoms with E-state index < -0.39 is 0 Å². The van der Waals surface area contributed by atoms with Crippen molar-refractivity contribution < 1.29 is 9.53 Å². The van der Waals surface area contributed by atoms with E-state index in [0.29, 0.717) is 12.4 Å². The molecule has 0 spiro atoms. The van der Waals surface area contributed by atoms with Crippen molar-refractivity contribution in [2.45, 2.75) is 32.0 Å². The third-order valence-electron chi connectivity index (χ3n) is 6.80. The number of carbonyl (C=O) groups is 1. The number of thiophene rings is 1. The summed E-state index contributed by atoms with van der Waals surface area (Å²) in [6.45, 7) is 3.60. The first-order valence-corrected chi connectivity index (χ1v) is 13.2. The summed E-state index contributed by atoms with van der Waals surface area (Å²) in [4.78, 5) is 23.0. The van der Waals surface area contributed by atoms with Crippen molar-refractivity contribution in [1.82, 2.24) is 15.2 Å². The molecule has 0 saturated carbocycles. The van der Waals surface area contributed by atoms with E-state index in [1.807, 2.05) is 42.5 Å². The van der Waals surface area contributed by atoms with Crippen molar-refractivity contribution >= 4 is 27.9 Å². The number of carbonyl (C=O) groups excluding carboxylic acids is 1. The number of aromatic nitrogens is 1. The van der Waals surface area contributed by atoms with Crippen LogP contribution < -0.4 is 15.0 Å². The Morgan fingerprint density at radius 1 is 0.972 bits per heavy atom. The van der Waals surface area contributed by atoms with Gasteiger partial charge in [-0.3, -0.25) is 9.69 Å². The maximum Gasteiger partial charge on any atom is 0.261 e. The van der Waals surface area contributed by atoms with Crippen molar-refractivity contribution in [3.05, 3.63) is 101 Å². The molecule has 7 heteroatoms. The third kappa shape index (κ3) is 4.85. The second kappa shape index (κ2) is 10.1. The van der Waals surface area contributed by atoms with Gasteiger partial charge in [0.25, 0.3) is 5.91 Å². The Labute approximate surface area is 215 Å². The minimum absolute atomic E-state index is 0.00522. The van der Waals surface area contributed by atoms with Crippen molar-refractivity contribution in [3.8, 4) is 11.6 Å². The van der Waals surface area contributed by atoms with E-state index in [1.165, 1.54) is 16.9 Å². The molecule has 0 bridgehead atoms. The molecule has 6 nitrogen and oxygen atoms in total. The number of hydrogen-bond acceptors (Lipinski definition) is 6. The van der Waals surface area contributed by atoms with Crippen LogP contribution in [0.25, 0.3) is 0 Å². The Balaban J connectivity index is 1.12. The van der Waals surface area contributed by atoms with Crippen LogP contribution in [0.2, 0.25) is 0 Å². The first-order chi connectivity index (χ1) is 17.7.